The molecule has 14 heteroatoms. The second-order valence-electron chi connectivity index (χ2n) is 21.5. The number of hydrogen-bond donors (Lipinski definition) is 4. The van der Waals surface area contributed by atoms with E-state index >= 15 is 0 Å². The van der Waals surface area contributed by atoms with Gasteiger partial charge >= 0.3 is 12.2 Å². The molecule has 6 atom stereocenters. The summed E-state index contributed by atoms with van der Waals surface area (Å²) in [6.45, 7) is 7.82. The zero-order chi connectivity index (χ0) is 46.3. The molecular weight excluding hydrogens is 837 g/mol. The molecule has 2 aromatic rings. The minimum Gasteiger partial charge on any atom is -0.449 e. The lowest BCUT2D eigenvalue weighted by atomic mass is 9.48. The molecular formula is C52H74N6O8. The number of nitrogens with one attached hydrogen (secondary N) is 2. The Kier molecular flexibility index (Phi) is 13.5. The van der Waals surface area contributed by atoms with Crippen LogP contribution in [0.3, 0.4) is 0 Å². The molecule has 4 amide bonds. The predicted octanol–water partition coefficient (Wildman–Crippen LogP) is 7.10. The Bertz CT molecular complexity index is 1890. The van der Waals surface area contributed by atoms with Crippen LogP contribution in [0, 0.1) is 46.3 Å². The van der Waals surface area contributed by atoms with E-state index in [1.807, 2.05) is 48.5 Å². The fraction of sp³-hybridized carbons (Fsp3) is 0.692. The number of aliphatic hydroxyl groups is 2. The maximum absolute atomic E-state index is 13.5. The number of benzene rings is 2. The van der Waals surface area contributed by atoms with Gasteiger partial charge in [0.2, 0.25) is 11.8 Å². The van der Waals surface area contributed by atoms with Gasteiger partial charge in [-0.05, 0) is 188 Å². The van der Waals surface area contributed by atoms with Crippen molar-refractivity contribution in [2.24, 2.45) is 46.3 Å². The number of aliphatic hydroxyl groups excluding tert-OH is 2. The van der Waals surface area contributed by atoms with Crippen molar-refractivity contribution < 1.29 is 38.9 Å². The van der Waals surface area contributed by atoms with Crippen molar-refractivity contribution in [3.63, 3.8) is 0 Å². The molecule has 4 N–H and O–H groups in total. The molecule has 360 valence electrons. The van der Waals surface area contributed by atoms with E-state index in [-0.39, 0.29) is 59.1 Å². The van der Waals surface area contributed by atoms with Crippen molar-refractivity contribution in [1.82, 2.24) is 10.6 Å². The SMILES string of the molecule is CCOC(=O)N(C)c1ccc(N2CCC[C@H](NC(=O)C34CC5CC(C3)C(O)C(C5)C4)C2)cc1.CCOC(=O)N(C)c1ccc(N2CCC[C@H](NC(=O)C34CC5CC(C3)C(O)C(C5)C4)C2)cc1. The molecule has 4 unspecified atom stereocenters. The topological polar surface area (TPSA) is 164 Å². The molecule has 10 aliphatic rings. The highest BCUT2D eigenvalue weighted by Gasteiger charge is 2.59. The van der Waals surface area contributed by atoms with Crippen LogP contribution in [-0.4, -0.2) is 112 Å². The number of hydrogen-bond acceptors (Lipinski definition) is 10. The molecule has 66 heavy (non-hydrogen) atoms. The summed E-state index contributed by atoms with van der Waals surface area (Å²) in [5, 5.41) is 27.9. The Hall–Kier alpha value is -4.56. The monoisotopic (exact) mass is 911 g/mol. The van der Waals surface area contributed by atoms with Crippen LogP contribution in [0.15, 0.2) is 48.5 Å². The van der Waals surface area contributed by atoms with Crippen LogP contribution in [-0.2, 0) is 19.1 Å². The van der Waals surface area contributed by atoms with Gasteiger partial charge in [0.15, 0.2) is 0 Å². The van der Waals surface area contributed by atoms with Gasteiger partial charge in [-0.25, -0.2) is 9.59 Å². The molecule has 12 rings (SSSR count). The van der Waals surface area contributed by atoms with Crippen molar-refractivity contribution >= 4 is 46.8 Å². The third kappa shape index (κ3) is 9.34. The van der Waals surface area contributed by atoms with Crippen LogP contribution in [0.4, 0.5) is 32.3 Å². The minimum atomic E-state index is -0.358. The number of amides is 4. The summed E-state index contributed by atoms with van der Waals surface area (Å²) >= 11 is 0. The Morgan fingerprint density at radius 2 is 0.939 bits per heavy atom. The molecule has 0 spiro atoms. The second kappa shape index (κ2) is 19.2. The van der Waals surface area contributed by atoms with E-state index in [1.54, 1.807) is 27.9 Å². The van der Waals surface area contributed by atoms with Crippen molar-refractivity contribution in [2.75, 3.05) is 73.1 Å². The van der Waals surface area contributed by atoms with Crippen LogP contribution in [0.5, 0.6) is 0 Å². The lowest BCUT2D eigenvalue weighted by Crippen LogP contribution is -2.60. The summed E-state index contributed by atoms with van der Waals surface area (Å²) in [4.78, 5) is 58.6. The first kappa shape index (κ1) is 46.5. The second-order valence-corrected chi connectivity index (χ2v) is 21.5. The smallest absolute Gasteiger partial charge is 0.413 e. The number of carbonyl (C=O) groups excluding carboxylic acids is 4. The Morgan fingerprint density at radius 3 is 1.27 bits per heavy atom. The van der Waals surface area contributed by atoms with Crippen LogP contribution >= 0.6 is 0 Å². The Labute approximate surface area is 391 Å². The molecule has 0 radical (unpaired) electrons. The first-order chi connectivity index (χ1) is 31.8. The van der Waals surface area contributed by atoms with Crippen molar-refractivity contribution in [2.45, 2.75) is 128 Å². The van der Waals surface area contributed by atoms with Crippen molar-refractivity contribution in [3.8, 4) is 0 Å². The van der Waals surface area contributed by atoms with Gasteiger partial charge in [-0.2, -0.15) is 0 Å². The fourth-order valence-corrected chi connectivity index (χ4v) is 14.3. The summed E-state index contributed by atoms with van der Waals surface area (Å²) in [6, 6.07) is 16.2. The maximum atomic E-state index is 13.5. The van der Waals surface area contributed by atoms with Crippen molar-refractivity contribution in [1.29, 1.82) is 0 Å². The fourth-order valence-electron chi connectivity index (χ4n) is 14.3. The maximum Gasteiger partial charge on any atom is 0.413 e. The molecule has 2 heterocycles. The molecule has 2 aromatic carbocycles. The van der Waals surface area contributed by atoms with Gasteiger partial charge < -0.3 is 40.1 Å². The molecule has 0 aromatic heterocycles. The number of ether oxygens (including phenoxy) is 2. The third-order valence-electron chi connectivity index (χ3n) is 17.2. The van der Waals surface area contributed by atoms with Gasteiger partial charge in [-0.1, -0.05) is 0 Å². The number of nitrogens with zero attached hydrogens (tertiary/aromatic N) is 4. The van der Waals surface area contributed by atoms with E-state index in [0.29, 0.717) is 48.7 Å². The van der Waals surface area contributed by atoms with Gasteiger partial charge in [0.05, 0.1) is 36.3 Å². The number of rotatable bonds is 10. The van der Waals surface area contributed by atoms with E-state index in [9.17, 15) is 29.4 Å². The first-order valence-electron chi connectivity index (χ1n) is 25.3. The predicted molar refractivity (Wildman–Crippen MR) is 254 cm³/mol. The normalized spacial score (nSPS) is 34.8. The van der Waals surface area contributed by atoms with Crippen molar-refractivity contribution in [3.05, 3.63) is 48.5 Å². The van der Waals surface area contributed by atoms with Gasteiger partial charge in [0.25, 0.3) is 0 Å². The lowest BCUT2D eigenvalue weighted by molar-refractivity contribution is -0.164. The van der Waals surface area contributed by atoms with Crippen LogP contribution in [0.2, 0.25) is 0 Å². The minimum absolute atomic E-state index is 0.145. The molecule has 8 bridgehead atoms. The number of anilines is 4. The largest absolute Gasteiger partial charge is 0.449 e. The van der Waals surface area contributed by atoms with Crippen LogP contribution in [0.25, 0.3) is 0 Å². The van der Waals surface area contributed by atoms with E-state index in [2.05, 4.69) is 20.4 Å². The first-order valence-corrected chi connectivity index (χ1v) is 25.3. The molecule has 14 nitrogen and oxygen atoms in total. The van der Waals surface area contributed by atoms with Gasteiger partial charge in [0.1, 0.15) is 0 Å². The van der Waals surface area contributed by atoms with Crippen LogP contribution in [0.1, 0.15) is 104 Å². The Morgan fingerprint density at radius 1 is 0.591 bits per heavy atom. The quantitative estimate of drug-likeness (QED) is 0.193. The standard InChI is InChI=1S/2C26H37N3O4/c2*1-3-33-25(32)28(2)21-6-8-22(9-7-21)29-10-4-5-20(16-29)27-24(31)26-13-17-11-18(14-26)23(30)19(12-17)15-26/h2*6-9,17-20,23,30H,3-5,10-16H2,1-2H3,(H,27,31)/t2*17?,18?,19?,20-,23?,26?/m00/s1. The number of piperidine rings is 2. The highest BCUT2D eigenvalue weighted by molar-refractivity contribution is 5.88. The van der Waals surface area contributed by atoms with Crippen LogP contribution < -0.4 is 30.2 Å². The molecule has 8 saturated carbocycles. The third-order valence-corrected chi connectivity index (χ3v) is 17.2. The average Bonchev–Trinajstić information content (AvgIpc) is 3.32. The lowest BCUT2D eigenvalue weighted by Gasteiger charge is -2.58. The van der Waals surface area contributed by atoms with E-state index in [0.717, 1.165) is 139 Å². The summed E-state index contributed by atoms with van der Waals surface area (Å²) < 4.78 is 10.1. The summed E-state index contributed by atoms with van der Waals surface area (Å²) in [6.07, 6.45) is 12.8. The highest BCUT2D eigenvalue weighted by Crippen LogP contribution is 2.61. The van der Waals surface area contributed by atoms with Gasteiger partial charge in [0, 0.05) is 75.1 Å². The van der Waals surface area contributed by atoms with Gasteiger partial charge in [-0.3, -0.25) is 19.4 Å². The molecule has 10 fully saturated rings. The average molecular weight is 911 g/mol. The van der Waals surface area contributed by atoms with Gasteiger partial charge in [-0.15, -0.1) is 0 Å². The summed E-state index contributed by atoms with van der Waals surface area (Å²) in [5.74, 6) is 2.95. The van der Waals surface area contributed by atoms with E-state index in [4.69, 9.17) is 9.47 Å². The Balaban J connectivity index is 0.000000166. The highest BCUT2D eigenvalue weighted by atomic mass is 16.6. The zero-order valence-corrected chi connectivity index (χ0v) is 39.7. The zero-order valence-electron chi connectivity index (χ0n) is 39.7. The summed E-state index contributed by atoms with van der Waals surface area (Å²) in [7, 11) is 3.42. The number of carbonyl (C=O) groups is 4. The molecule has 2 aliphatic heterocycles. The van der Waals surface area contributed by atoms with E-state index < -0.39 is 0 Å². The van der Waals surface area contributed by atoms with E-state index in [1.165, 1.54) is 9.80 Å². The molecule has 2 saturated heterocycles. The summed E-state index contributed by atoms with van der Waals surface area (Å²) in [5.41, 5.74) is 3.29. The molecule has 8 aliphatic carbocycles.